The summed E-state index contributed by atoms with van der Waals surface area (Å²) in [6.07, 6.45) is 1.46. The number of ether oxygens (including phenoxy) is 1. The van der Waals surface area contributed by atoms with Crippen LogP contribution in [-0.2, 0) is 6.54 Å². The number of halogens is 1. The average Bonchev–Trinajstić information content (AvgIpc) is 2.65. The number of methoxy groups -OCH3 is 1. The van der Waals surface area contributed by atoms with Crippen molar-refractivity contribution < 1.29 is 9.53 Å². The molecule has 7 nitrogen and oxygen atoms in total. The molecule has 0 saturated carbocycles. The number of amides is 1. The van der Waals surface area contributed by atoms with E-state index in [2.05, 4.69) is 15.0 Å². The summed E-state index contributed by atoms with van der Waals surface area (Å²) < 4.78 is 5.00. The van der Waals surface area contributed by atoms with E-state index in [0.29, 0.717) is 39.7 Å². The summed E-state index contributed by atoms with van der Waals surface area (Å²) >= 11 is 5.98. The number of H-pyrrole nitrogens is 1. The summed E-state index contributed by atoms with van der Waals surface area (Å²) in [5, 5.41) is 0.946. The first-order chi connectivity index (χ1) is 12.5. The summed E-state index contributed by atoms with van der Waals surface area (Å²) in [6, 6.07) is 8.16. The minimum Gasteiger partial charge on any atom is -0.481 e. The summed E-state index contributed by atoms with van der Waals surface area (Å²) in [4.78, 5) is 37.7. The number of nitrogens with one attached hydrogen (secondary N) is 1. The molecule has 134 valence electrons. The zero-order valence-corrected chi connectivity index (χ0v) is 15.1. The van der Waals surface area contributed by atoms with Crippen LogP contribution in [-0.4, -0.2) is 39.4 Å². The first-order valence-electron chi connectivity index (χ1n) is 7.99. The van der Waals surface area contributed by atoms with Crippen molar-refractivity contribution in [3.05, 3.63) is 63.3 Å². The molecular weight excluding hydrogens is 356 g/mol. The van der Waals surface area contributed by atoms with Crippen molar-refractivity contribution in [2.75, 3.05) is 13.7 Å². The molecule has 3 rings (SSSR count). The number of rotatable bonds is 5. The van der Waals surface area contributed by atoms with Gasteiger partial charge in [-0.2, -0.15) is 0 Å². The van der Waals surface area contributed by atoms with E-state index in [1.165, 1.54) is 13.3 Å². The van der Waals surface area contributed by atoms with Crippen LogP contribution in [0.3, 0.4) is 0 Å². The fourth-order valence-corrected chi connectivity index (χ4v) is 2.72. The molecule has 2 aromatic heterocycles. The molecule has 1 N–H and O–H groups in total. The zero-order chi connectivity index (χ0) is 18.7. The molecule has 1 amide bonds. The van der Waals surface area contributed by atoms with Crippen LogP contribution in [0.1, 0.15) is 23.1 Å². The number of aromatic amines is 1. The first-order valence-corrected chi connectivity index (χ1v) is 8.37. The van der Waals surface area contributed by atoms with Gasteiger partial charge in [-0.1, -0.05) is 11.6 Å². The number of aromatic nitrogens is 3. The van der Waals surface area contributed by atoms with Crippen LogP contribution in [0.15, 0.2) is 41.3 Å². The third-order valence-corrected chi connectivity index (χ3v) is 4.15. The van der Waals surface area contributed by atoms with Gasteiger partial charge in [0.2, 0.25) is 5.88 Å². The Labute approximate surface area is 154 Å². The van der Waals surface area contributed by atoms with Gasteiger partial charge in [0.15, 0.2) is 0 Å². The molecule has 0 saturated heterocycles. The summed E-state index contributed by atoms with van der Waals surface area (Å²) in [6.45, 7) is 2.46. The highest BCUT2D eigenvalue weighted by atomic mass is 35.5. The van der Waals surface area contributed by atoms with Crippen LogP contribution in [0.5, 0.6) is 5.88 Å². The van der Waals surface area contributed by atoms with Gasteiger partial charge >= 0.3 is 0 Å². The third-order valence-electron chi connectivity index (χ3n) is 3.92. The zero-order valence-electron chi connectivity index (χ0n) is 14.3. The van der Waals surface area contributed by atoms with Gasteiger partial charge in [0, 0.05) is 23.8 Å². The molecule has 26 heavy (non-hydrogen) atoms. The van der Waals surface area contributed by atoms with Gasteiger partial charge in [-0.15, -0.1) is 0 Å². The molecule has 0 unspecified atom stereocenters. The Balaban J connectivity index is 1.88. The highest BCUT2D eigenvalue weighted by molar-refractivity contribution is 6.31. The second kappa shape index (κ2) is 7.53. The Hall–Kier alpha value is -2.93. The monoisotopic (exact) mass is 372 g/mol. The van der Waals surface area contributed by atoms with E-state index in [1.54, 1.807) is 35.2 Å². The number of carbonyl (C=O) groups excluding carboxylic acids is 1. The predicted molar refractivity (Wildman–Crippen MR) is 98.6 cm³/mol. The van der Waals surface area contributed by atoms with Crippen LogP contribution in [0.4, 0.5) is 0 Å². The topological polar surface area (TPSA) is 88.2 Å². The third kappa shape index (κ3) is 3.67. The molecule has 0 atom stereocenters. The number of pyridine rings is 1. The van der Waals surface area contributed by atoms with E-state index in [-0.39, 0.29) is 18.0 Å². The predicted octanol–water partition coefficient (Wildman–Crippen LogP) is 2.64. The number of nitrogens with zero attached hydrogens (tertiary/aromatic N) is 3. The van der Waals surface area contributed by atoms with Crippen LogP contribution < -0.4 is 10.3 Å². The molecule has 0 aliphatic carbocycles. The van der Waals surface area contributed by atoms with E-state index < -0.39 is 0 Å². The van der Waals surface area contributed by atoms with Crippen LogP contribution in [0.2, 0.25) is 5.02 Å². The molecule has 0 aliphatic rings. The van der Waals surface area contributed by atoms with Gasteiger partial charge < -0.3 is 14.6 Å². The summed E-state index contributed by atoms with van der Waals surface area (Å²) in [7, 11) is 1.51. The smallest absolute Gasteiger partial charge is 0.258 e. The van der Waals surface area contributed by atoms with E-state index in [9.17, 15) is 9.59 Å². The maximum Gasteiger partial charge on any atom is 0.258 e. The second-order valence-electron chi connectivity index (χ2n) is 5.58. The Bertz CT molecular complexity index is 1000. The number of benzene rings is 1. The summed E-state index contributed by atoms with van der Waals surface area (Å²) in [5.74, 6) is 0.611. The molecule has 0 spiro atoms. The van der Waals surface area contributed by atoms with Crippen LogP contribution in [0.25, 0.3) is 10.9 Å². The molecule has 2 heterocycles. The minimum atomic E-state index is -0.267. The van der Waals surface area contributed by atoms with Crippen molar-refractivity contribution >= 4 is 28.4 Å². The standard InChI is InChI=1S/C18H17ClN4O3/c1-3-23(18(25)11-4-7-16(26-2)20-9-11)10-15-21-14-8-12(19)5-6-13(14)17(24)22-15/h4-9H,3,10H2,1-2H3,(H,21,22,24). The van der Waals surface area contributed by atoms with Crippen molar-refractivity contribution in [2.45, 2.75) is 13.5 Å². The Morgan fingerprint density at radius 2 is 2.12 bits per heavy atom. The largest absolute Gasteiger partial charge is 0.481 e. The van der Waals surface area contributed by atoms with Gasteiger partial charge in [-0.3, -0.25) is 9.59 Å². The van der Waals surface area contributed by atoms with Crippen molar-refractivity contribution in [3.8, 4) is 5.88 Å². The maximum absolute atomic E-state index is 12.7. The molecule has 0 radical (unpaired) electrons. The fourth-order valence-electron chi connectivity index (χ4n) is 2.55. The van der Waals surface area contributed by atoms with E-state index in [1.807, 2.05) is 6.92 Å². The molecule has 0 aliphatic heterocycles. The number of hydrogen-bond acceptors (Lipinski definition) is 5. The fraction of sp³-hybridized carbons (Fsp3) is 0.222. The molecular formula is C18H17ClN4O3. The quantitative estimate of drug-likeness (QED) is 0.743. The Kier molecular flexibility index (Phi) is 5.18. The lowest BCUT2D eigenvalue weighted by Crippen LogP contribution is -2.32. The highest BCUT2D eigenvalue weighted by Crippen LogP contribution is 2.16. The van der Waals surface area contributed by atoms with Crippen molar-refractivity contribution in [2.24, 2.45) is 0 Å². The lowest BCUT2D eigenvalue weighted by atomic mass is 10.2. The van der Waals surface area contributed by atoms with Crippen molar-refractivity contribution in [3.63, 3.8) is 0 Å². The molecule has 0 fully saturated rings. The first kappa shape index (κ1) is 17.9. The second-order valence-corrected chi connectivity index (χ2v) is 6.02. The Morgan fingerprint density at radius 3 is 2.77 bits per heavy atom. The van der Waals surface area contributed by atoms with Gasteiger partial charge in [0.05, 0.1) is 30.1 Å². The molecule has 1 aromatic carbocycles. The SMILES string of the molecule is CCN(Cc1nc2cc(Cl)ccc2c(=O)[nH]1)C(=O)c1ccc(OC)nc1. The lowest BCUT2D eigenvalue weighted by Gasteiger charge is -2.20. The van der Waals surface area contributed by atoms with E-state index in [4.69, 9.17) is 16.3 Å². The summed E-state index contributed by atoms with van der Waals surface area (Å²) in [5.41, 5.74) is 0.654. The lowest BCUT2D eigenvalue weighted by molar-refractivity contribution is 0.0748. The van der Waals surface area contributed by atoms with Gasteiger partial charge in [-0.25, -0.2) is 9.97 Å². The van der Waals surface area contributed by atoms with Crippen molar-refractivity contribution in [1.82, 2.24) is 19.9 Å². The number of fused-ring (bicyclic) bond motifs is 1. The Morgan fingerprint density at radius 1 is 1.31 bits per heavy atom. The van der Waals surface area contributed by atoms with E-state index >= 15 is 0 Å². The van der Waals surface area contributed by atoms with Gasteiger partial charge in [-0.05, 0) is 31.2 Å². The number of carbonyl (C=O) groups is 1. The van der Waals surface area contributed by atoms with Gasteiger partial charge in [0.25, 0.3) is 11.5 Å². The maximum atomic E-state index is 12.7. The van der Waals surface area contributed by atoms with Crippen LogP contribution in [0, 0.1) is 0 Å². The minimum absolute atomic E-state index is 0.166. The van der Waals surface area contributed by atoms with Crippen molar-refractivity contribution in [1.29, 1.82) is 0 Å². The number of hydrogen-bond donors (Lipinski definition) is 1. The molecule has 0 bridgehead atoms. The van der Waals surface area contributed by atoms with Gasteiger partial charge in [0.1, 0.15) is 5.82 Å². The highest BCUT2D eigenvalue weighted by Gasteiger charge is 2.17. The normalized spacial score (nSPS) is 10.7. The van der Waals surface area contributed by atoms with Crippen LogP contribution >= 0.6 is 11.6 Å². The molecule has 8 heteroatoms. The average molecular weight is 373 g/mol. The molecule has 3 aromatic rings. The van der Waals surface area contributed by atoms with E-state index in [0.717, 1.165) is 0 Å².